The summed E-state index contributed by atoms with van der Waals surface area (Å²) in [5.74, 6) is -0.0429. The van der Waals surface area contributed by atoms with Crippen molar-refractivity contribution in [2.75, 3.05) is 0 Å². The van der Waals surface area contributed by atoms with Crippen LogP contribution in [0, 0.1) is 0 Å². The zero-order chi connectivity index (χ0) is 19.3. The average Bonchev–Trinajstić information content (AvgIpc) is 2.40. The number of hydrogen-bond acceptors (Lipinski definition) is 4. The van der Waals surface area contributed by atoms with E-state index in [4.69, 9.17) is 8.85 Å². The highest BCUT2D eigenvalue weighted by molar-refractivity contribution is 6.71. The Morgan fingerprint density at radius 3 is 1.00 bits per heavy atom. The highest BCUT2D eigenvalue weighted by atomic mass is 28.4. The van der Waals surface area contributed by atoms with E-state index >= 15 is 0 Å². The molecule has 0 heterocycles. The lowest BCUT2D eigenvalue weighted by Gasteiger charge is -2.17. The molecule has 0 unspecified atom stereocenters. The molecule has 0 aliphatic heterocycles. The van der Waals surface area contributed by atoms with Gasteiger partial charge in [-0.3, -0.25) is 9.59 Å². The van der Waals surface area contributed by atoms with Gasteiger partial charge in [-0.25, -0.2) is 0 Å². The van der Waals surface area contributed by atoms with E-state index in [1.807, 2.05) is 39.3 Å². The Hall–Kier alpha value is -0.626. The minimum Gasteiger partial charge on any atom is -0.520 e. The van der Waals surface area contributed by atoms with Crippen LogP contribution in [-0.4, -0.2) is 28.6 Å². The van der Waals surface area contributed by atoms with Crippen molar-refractivity contribution in [2.45, 2.75) is 110 Å². The molecule has 0 radical (unpaired) electrons. The van der Waals surface area contributed by atoms with Crippen molar-refractivity contribution >= 4 is 28.6 Å². The monoisotopic (exact) mass is 388 g/mol. The van der Waals surface area contributed by atoms with Gasteiger partial charge in [0.2, 0.25) is 16.6 Å². The fourth-order valence-electron chi connectivity index (χ4n) is 2.56. The van der Waals surface area contributed by atoms with Gasteiger partial charge >= 0.3 is 0 Å². The maximum atomic E-state index is 11.6. The molecule has 0 bridgehead atoms. The van der Waals surface area contributed by atoms with E-state index in [-0.39, 0.29) is 11.9 Å². The van der Waals surface area contributed by atoms with Gasteiger partial charge in [-0.1, -0.05) is 44.9 Å². The minimum absolute atomic E-state index is 0.0215. The minimum atomic E-state index is -1.71. The lowest BCUT2D eigenvalue weighted by atomic mass is 10.1. The summed E-state index contributed by atoms with van der Waals surface area (Å²) in [7, 11) is -3.43. The van der Waals surface area contributed by atoms with E-state index in [0.717, 1.165) is 25.7 Å². The second-order valence-corrected chi connectivity index (χ2v) is 17.7. The fraction of sp³-hybridized carbons (Fsp3) is 0.895. The lowest BCUT2D eigenvalue weighted by Crippen LogP contribution is -2.28. The molecule has 0 N–H and O–H groups in total. The van der Waals surface area contributed by atoms with Crippen LogP contribution in [0.1, 0.15) is 70.6 Å². The largest absolute Gasteiger partial charge is 0.520 e. The molecule has 0 rings (SSSR count). The number of carbonyl (C=O) groups is 2. The van der Waals surface area contributed by atoms with Crippen LogP contribution in [0.4, 0.5) is 0 Å². The normalized spacial score (nSPS) is 12.1. The van der Waals surface area contributed by atoms with Crippen molar-refractivity contribution in [1.29, 1.82) is 0 Å². The van der Waals surface area contributed by atoms with Crippen molar-refractivity contribution in [2.24, 2.45) is 0 Å². The van der Waals surface area contributed by atoms with Gasteiger partial charge in [0.15, 0.2) is 0 Å². The van der Waals surface area contributed by atoms with Crippen molar-refractivity contribution in [3.05, 3.63) is 0 Å². The van der Waals surface area contributed by atoms with E-state index in [1.54, 1.807) is 0 Å². The van der Waals surface area contributed by atoms with E-state index < -0.39 is 16.6 Å². The summed E-state index contributed by atoms with van der Waals surface area (Å²) in [5, 5.41) is 0. The van der Waals surface area contributed by atoms with Crippen molar-refractivity contribution in [3.63, 3.8) is 0 Å². The molecule has 6 heteroatoms. The molecule has 0 aromatic rings. The average molecular weight is 389 g/mol. The Morgan fingerprint density at radius 1 is 0.520 bits per heavy atom. The van der Waals surface area contributed by atoms with Crippen LogP contribution in [-0.2, 0) is 18.4 Å². The first kappa shape index (κ1) is 24.4. The number of hydrogen-bond donors (Lipinski definition) is 0. The van der Waals surface area contributed by atoms with Gasteiger partial charge in [0.05, 0.1) is 0 Å². The van der Waals surface area contributed by atoms with Gasteiger partial charge < -0.3 is 8.85 Å². The molecule has 0 atom stereocenters. The Morgan fingerprint density at radius 2 is 0.760 bits per heavy atom. The van der Waals surface area contributed by atoms with E-state index in [2.05, 4.69) is 0 Å². The first-order valence-electron chi connectivity index (χ1n) is 9.93. The quantitative estimate of drug-likeness (QED) is 0.269. The summed E-state index contributed by atoms with van der Waals surface area (Å²) in [5.41, 5.74) is 0. The SMILES string of the molecule is C[Si](C)(C)OC(=O)CCCCCCCCCCCC(=O)O[Si](C)(C)C. The topological polar surface area (TPSA) is 52.6 Å². The standard InChI is InChI=1S/C19H40O4Si2/c1-24(2,3)22-18(20)16-14-12-10-8-7-9-11-13-15-17-19(21)23-25(4,5)6/h7-17H2,1-6H3. The first-order chi connectivity index (χ1) is 11.5. The van der Waals surface area contributed by atoms with E-state index in [9.17, 15) is 9.59 Å². The maximum Gasteiger partial charge on any atom is 0.292 e. The third-order valence-electron chi connectivity index (χ3n) is 3.60. The Kier molecular flexibility index (Phi) is 12.4. The molecular formula is C19H40O4Si2. The molecule has 4 nitrogen and oxygen atoms in total. The van der Waals surface area contributed by atoms with E-state index in [1.165, 1.54) is 32.1 Å². The summed E-state index contributed by atoms with van der Waals surface area (Å²) >= 11 is 0. The van der Waals surface area contributed by atoms with Crippen LogP contribution in [0.5, 0.6) is 0 Å². The summed E-state index contributed by atoms with van der Waals surface area (Å²) in [4.78, 5) is 23.2. The smallest absolute Gasteiger partial charge is 0.292 e. The predicted molar refractivity (Wildman–Crippen MR) is 110 cm³/mol. The first-order valence-corrected chi connectivity index (χ1v) is 16.7. The lowest BCUT2D eigenvalue weighted by molar-refractivity contribution is -0.136. The molecule has 0 aromatic heterocycles. The molecule has 0 aliphatic carbocycles. The fourth-order valence-corrected chi connectivity index (χ4v) is 4.13. The molecule has 148 valence electrons. The second kappa shape index (κ2) is 12.7. The Balaban J connectivity index is 3.35. The molecular weight excluding hydrogens is 348 g/mol. The van der Waals surface area contributed by atoms with Crippen LogP contribution in [0.25, 0.3) is 0 Å². The molecule has 25 heavy (non-hydrogen) atoms. The maximum absolute atomic E-state index is 11.6. The van der Waals surface area contributed by atoms with Gasteiger partial charge in [0.1, 0.15) is 0 Å². The summed E-state index contributed by atoms with van der Waals surface area (Å²) in [6.45, 7) is 12.3. The highest BCUT2D eigenvalue weighted by Crippen LogP contribution is 2.13. The van der Waals surface area contributed by atoms with Crippen LogP contribution in [0.15, 0.2) is 0 Å². The van der Waals surface area contributed by atoms with Gasteiger partial charge in [-0.15, -0.1) is 0 Å². The third-order valence-corrected chi connectivity index (χ3v) is 5.28. The molecule has 0 amide bonds. The van der Waals surface area contributed by atoms with Crippen LogP contribution < -0.4 is 0 Å². The van der Waals surface area contributed by atoms with E-state index in [0.29, 0.717) is 12.8 Å². The molecule has 0 fully saturated rings. The molecule has 0 spiro atoms. The van der Waals surface area contributed by atoms with Gasteiger partial charge in [0, 0.05) is 12.8 Å². The predicted octanol–water partition coefficient (Wildman–Crippen LogP) is 6.03. The summed E-state index contributed by atoms with van der Waals surface area (Å²) in [6.07, 6.45) is 11.4. The zero-order valence-electron chi connectivity index (χ0n) is 17.4. The molecule has 0 saturated carbocycles. The number of unbranched alkanes of at least 4 members (excludes halogenated alkanes) is 8. The zero-order valence-corrected chi connectivity index (χ0v) is 19.4. The van der Waals surface area contributed by atoms with Crippen LogP contribution in [0.2, 0.25) is 39.3 Å². The Bertz CT molecular complexity index is 348. The van der Waals surface area contributed by atoms with Gasteiger partial charge in [0.25, 0.3) is 11.9 Å². The van der Waals surface area contributed by atoms with Crippen molar-refractivity contribution in [3.8, 4) is 0 Å². The van der Waals surface area contributed by atoms with Crippen LogP contribution >= 0.6 is 0 Å². The third kappa shape index (κ3) is 19.5. The molecule has 0 aromatic carbocycles. The summed E-state index contributed by atoms with van der Waals surface area (Å²) < 4.78 is 10.9. The number of carbonyl (C=O) groups excluding carboxylic acids is 2. The van der Waals surface area contributed by atoms with Crippen molar-refractivity contribution in [1.82, 2.24) is 0 Å². The van der Waals surface area contributed by atoms with Crippen molar-refractivity contribution < 1.29 is 18.4 Å². The molecule has 0 aliphatic rings. The van der Waals surface area contributed by atoms with Gasteiger partial charge in [-0.2, -0.15) is 0 Å². The number of rotatable bonds is 14. The Labute approximate surface area is 157 Å². The van der Waals surface area contributed by atoms with Crippen LogP contribution in [0.3, 0.4) is 0 Å². The van der Waals surface area contributed by atoms with Gasteiger partial charge in [-0.05, 0) is 52.1 Å². The highest BCUT2D eigenvalue weighted by Gasteiger charge is 2.20. The second-order valence-electron chi connectivity index (χ2n) is 8.85. The molecule has 0 saturated heterocycles. The summed E-state index contributed by atoms with van der Waals surface area (Å²) in [6, 6.07) is 0.